The number of anilines is 1. The third-order valence-electron chi connectivity index (χ3n) is 3.57. The predicted octanol–water partition coefficient (Wildman–Crippen LogP) is 4.50. The third-order valence-corrected chi connectivity index (χ3v) is 3.57. The van der Waals surface area contributed by atoms with Gasteiger partial charge in [-0.05, 0) is 35.2 Å². The van der Waals surface area contributed by atoms with Gasteiger partial charge in [-0.25, -0.2) is 0 Å². The Morgan fingerprint density at radius 3 is 2.65 bits per heavy atom. The molecular formula is C20H17NO2. The van der Waals surface area contributed by atoms with Gasteiger partial charge in [0.25, 0.3) is 0 Å². The normalized spacial score (nSPS) is 10.8. The summed E-state index contributed by atoms with van der Waals surface area (Å²) in [6.45, 7) is 0. The Kier molecular flexibility index (Phi) is 4.39. The van der Waals surface area contributed by atoms with Gasteiger partial charge < -0.3 is 10.1 Å². The molecule has 0 aliphatic heterocycles. The topological polar surface area (TPSA) is 38.3 Å². The lowest BCUT2D eigenvalue weighted by atomic mass is 10.1. The number of methoxy groups -OCH3 is 1. The summed E-state index contributed by atoms with van der Waals surface area (Å²) in [5.74, 6) is 0.603. The van der Waals surface area contributed by atoms with E-state index < -0.39 is 0 Å². The molecule has 114 valence electrons. The second-order valence-corrected chi connectivity index (χ2v) is 5.13. The average molecular weight is 303 g/mol. The Bertz CT molecular complexity index is 863. The quantitative estimate of drug-likeness (QED) is 0.721. The smallest absolute Gasteiger partial charge is 0.248 e. The molecule has 0 radical (unpaired) electrons. The number of fused-ring (bicyclic) bond motifs is 1. The van der Waals surface area contributed by atoms with Crippen molar-refractivity contribution in [3.05, 3.63) is 78.4 Å². The van der Waals surface area contributed by atoms with Crippen molar-refractivity contribution in [2.45, 2.75) is 0 Å². The molecule has 0 saturated heterocycles. The first-order valence-corrected chi connectivity index (χ1v) is 7.37. The summed E-state index contributed by atoms with van der Waals surface area (Å²) in [6.07, 6.45) is 3.29. The zero-order chi connectivity index (χ0) is 16.1. The summed E-state index contributed by atoms with van der Waals surface area (Å²) < 4.78 is 5.17. The Morgan fingerprint density at radius 1 is 1.00 bits per heavy atom. The number of nitrogens with one attached hydrogen (secondary N) is 1. The highest BCUT2D eigenvalue weighted by atomic mass is 16.5. The summed E-state index contributed by atoms with van der Waals surface area (Å²) in [5, 5.41) is 5.05. The van der Waals surface area contributed by atoms with E-state index in [0.717, 1.165) is 27.8 Å². The van der Waals surface area contributed by atoms with Crippen LogP contribution < -0.4 is 10.1 Å². The molecule has 1 N–H and O–H groups in total. The highest BCUT2D eigenvalue weighted by molar-refractivity contribution is 6.07. The van der Waals surface area contributed by atoms with Gasteiger partial charge in [0.05, 0.1) is 7.11 Å². The minimum absolute atomic E-state index is 0.163. The van der Waals surface area contributed by atoms with Crippen LogP contribution in [-0.4, -0.2) is 13.0 Å². The van der Waals surface area contributed by atoms with Crippen molar-refractivity contribution in [3.8, 4) is 5.75 Å². The number of carbonyl (C=O) groups excluding carboxylic acids is 1. The summed E-state index contributed by atoms with van der Waals surface area (Å²) in [4.78, 5) is 12.2. The van der Waals surface area contributed by atoms with Gasteiger partial charge in [0.15, 0.2) is 0 Å². The molecule has 3 aromatic carbocycles. The fraction of sp³-hybridized carbons (Fsp3) is 0.0500. The molecule has 0 unspecified atom stereocenters. The monoisotopic (exact) mass is 303 g/mol. The zero-order valence-electron chi connectivity index (χ0n) is 12.8. The Balaban J connectivity index is 1.77. The van der Waals surface area contributed by atoms with Crippen LogP contribution in [0.2, 0.25) is 0 Å². The van der Waals surface area contributed by atoms with Crippen LogP contribution in [0.1, 0.15) is 5.56 Å². The molecular weight excluding hydrogens is 286 g/mol. The van der Waals surface area contributed by atoms with Crippen LogP contribution in [0.4, 0.5) is 5.69 Å². The summed E-state index contributed by atoms with van der Waals surface area (Å²) in [7, 11) is 1.62. The molecule has 0 fully saturated rings. The number of amides is 1. The van der Waals surface area contributed by atoms with Gasteiger partial charge in [0, 0.05) is 17.1 Å². The molecule has 3 nitrogen and oxygen atoms in total. The molecule has 0 atom stereocenters. The highest BCUT2D eigenvalue weighted by Gasteiger charge is 2.02. The number of hydrogen-bond acceptors (Lipinski definition) is 2. The standard InChI is InChI=1S/C20H17NO2/c1-23-17-9-4-6-15(14-17)12-13-20(22)21-19-11-5-8-16-7-2-3-10-18(16)19/h2-14H,1H3,(H,21,22). The maximum absolute atomic E-state index is 12.2. The van der Waals surface area contributed by atoms with Crippen LogP contribution in [0, 0.1) is 0 Å². The minimum Gasteiger partial charge on any atom is -0.497 e. The molecule has 0 aliphatic rings. The van der Waals surface area contributed by atoms with Crippen molar-refractivity contribution in [1.82, 2.24) is 0 Å². The molecule has 0 aliphatic carbocycles. The van der Waals surface area contributed by atoms with Crippen LogP contribution >= 0.6 is 0 Å². The second-order valence-electron chi connectivity index (χ2n) is 5.13. The van der Waals surface area contributed by atoms with Gasteiger partial charge in [0.1, 0.15) is 5.75 Å². The maximum Gasteiger partial charge on any atom is 0.248 e. The van der Waals surface area contributed by atoms with Crippen molar-refractivity contribution in [2.24, 2.45) is 0 Å². The van der Waals surface area contributed by atoms with Crippen LogP contribution in [-0.2, 0) is 4.79 Å². The summed E-state index contributed by atoms with van der Waals surface area (Å²) in [5.41, 5.74) is 1.72. The average Bonchev–Trinajstić information content (AvgIpc) is 2.60. The summed E-state index contributed by atoms with van der Waals surface area (Å²) >= 11 is 0. The van der Waals surface area contributed by atoms with Crippen molar-refractivity contribution >= 4 is 28.4 Å². The maximum atomic E-state index is 12.2. The van der Waals surface area contributed by atoms with Gasteiger partial charge in [-0.2, -0.15) is 0 Å². The van der Waals surface area contributed by atoms with E-state index in [2.05, 4.69) is 5.32 Å². The fourth-order valence-corrected chi connectivity index (χ4v) is 2.43. The number of hydrogen-bond donors (Lipinski definition) is 1. The molecule has 0 heterocycles. The lowest BCUT2D eigenvalue weighted by Gasteiger charge is -2.06. The molecule has 0 spiro atoms. The van der Waals surface area contributed by atoms with E-state index in [1.54, 1.807) is 13.2 Å². The second kappa shape index (κ2) is 6.79. The van der Waals surface area contributed by atoms with E-state index in [9.17, 15) is 4.79 Å². The molecule has 3 rings (SSSR count). The van der Waals surface area contributed by atoms with Crippen LogP contribution in [0.5, 0.6) is 5.75 Å². The Hall–Kier alpha value is -3.07. The molecule has 0 saturated carbocycles. The van der Waals surface area contributed by atoms with Gasteiger partial charge in [-0.15, -0.1) is 0 Å². The molecule has 0 bridgehead atoms. The first-order valence-electron chi connectivity index (χ1n) is 7.37. The van der Waals surface area contributed by atoms with E-state index in [0.29, 0.717) is 0 Å². The molecule has 3 heteroatoms. The molecule has 0 aromatic heterocycles. The number of benzene rings is 3. The number of carbonyl (C=O) groups is 1. The zero-order valence-corrected chi connectivity index (χ0v) is 12.8. The van der Waals surface area contributed by atoms with E-state index in [-0.39, 0.29) is 5.91 Å². The minimum atomic E-state index is -0.163. The van der Waals surface area contributed by atoms with E-state index in [1.165, 1.54) is 6.08 Å². The van der Waals surface area contributed by atoms with Gasteiger partial charge in [-0.1, -0.05) is 48.5 Å². The van der Waals surface area contributed by atoms with Crippen molar-refractivity contribution in [2.75, 3.05) is 12.4 Å². The number of ether oxygens (including phenoxy) is 1. The van der Waals surface area contributed by atoms with E-state index in [1.807, 2.05) is 66.7 Å². The highest BCUT2D eigenvalue weighted by Crippen LogP contribution is 2.23. The van der Waals surface area contributed by atoms with Crippen LogP contribution in [0.3, 0.4) is 0 Å². The first-order chi connectivity index (χ1) is 11.3. The third kappa shape index (κ3) is 3.58. The summed E-state index contributed by atoms with van der Waals surface area (Å²) in [6, 6.07) is 21.4. The van der Waals surface area contributed by atoms with E-state index in [4.69, 9.17) is 4.74 Å². The van der Waals surface area contributed by atoms with Crippen molar-refractivity contribution in [3.63, 3.8) is 0 Å². The Morgan fingerprint density at radius 2 is 1.78 bits per heavy atom. The lowest BCUT2D eigenvalue weighted by molar-refractivity contribution is -0.111. The first kappa shape index (κ1) is 14.9. The van der Waals surface area contributed by atoms with Gasteiger partial charge in [0.2, 0.25) is 5.91 Å². The van der Waals surface area contributed by atoms with Gasteiger partial charge in [-0.3, -0.25) is 4.79 Å². The SMILES string of the molecule is COc1cccc(C=CC(=O)Nc2cccc3ccccc23)c1. The van der Waals surface area contributed by atoms with Crippen LogP contribution in [0.15, 0.2) is 72.8 Å². The molecule has 23 heavy (non-hydrogen) atoms. The Labute approximate surface area is 135 Å². The van der Waals surface area contributed by atoms with Crippen molar-refractivity contribution in [1.29, 1.82) is 0 Å². The van der Waals surface area contributed by atoms with Crippen molar-refractivity contribution < 1.29 is 9.53 Å². The fourth-order valence-electron chi connectivity index (χ4n) is 2.43. The van der Waals surface area contributed by atoms with Crippen LogP contribution in [0.25, 0.3) is 16.8 Å². The van der Waals surface area contributed by atoms with Gasteiger partial charge >= 0.3 is 0 Å². The molecule has 3 aromatic rings. The largest absolute Gasteiger partial charge is 0.497 e. The van der Waals surface area contributed by atoms with E-state index >= 15 is 0 Å². The molecule has 1 amide bonds. The predicted molar refractivity (Wildman–Crippen MR) is 94.6 cm³/mol. The number of rotatable bonds is 4. The lowest BCUT2D eigenvalue weighted by Crippen LogP contribution is -2.07.